The van der Waals surface area contributed by atoms with Gasteiger partial charge < -0.3 is 4.74 Å². The topological polar surface area (TPSA) is 9.23 Å². The summed E-state index contributed by atoms with van der Waals surface area (Å²) < 4.78 is 5.62. The second-order valence-corrected chi connectivity index (χ2v) is 6.99. The summed E-state index contributed by atoms with van der Waals surface area (Å²) in [5, 5.41) is 1.68. The number of rotatable bonds is 3. The van der Waals surface area contributed by atoms with Crippen LogP contribution in [0.5, 0.6) is 5.75 Å². The van der Waals surface area contributed by atoms with Crippen LogP contribution in [-0.2, 0) is 0 Å². The number of halogens is 1. The van der Waals surface area contributed by atoms with Gasteiger partial charge >= 0.3 is 0 Å². The van der Waals surface area contributed by atoms with Crippen molar-refractivity contribution in [3.8, 4) is 5.75 Å². The second kappa shape index (κ2) is 4.67. The summed E-state index contributed by atoms with van der Waals surface area (Å²) in [6.07, 6.45) is 0. The van der Waals surface area contributed by atoms with E-state index in [2.05, 4.69) is 19.7 Å². The minimum atomic E-state index is -0.912. The van der Waals surface area contributed by atoms with Crippen LogP contribution in [0.25, 0.3) is 0 Å². The summed E-state index contributed by atoms with van der Waals surface area (Å²) in [4.78, 5) is 0. The van der Waals surface area contributed by atoms with Gasteiger partial charge in [0, 0.05) is 5.02 Å². The van der Waals surface area contributed by atoms with E-state index < -0.39 is 8.80 Å². The van der Waals surface area contributed by atoms with Gasteiger partial charge in [0.2, 0.25) is 0 Å². The van der Waals surface area contributed by atoms with Crippen LogP contribution in [0.1, 0.15) is 5.56 Å². The maximum atomic E-state index is 5.91. The van der Waals surface area contributed by atoms with Gasteiger partial charge in [-0.2, -0.15) is 0 Å². The largest absolute Gasteiger partial charge is 0.468 e. The molecule has 0 saturated carbocycles. The Morgan fingerprint density at radius 3 is 2.57 bits per heavy atom. The molecule has 0 aliphatic carbocycles. The molecule has 1 nitrogen and oxygen atoms in total. The van der Waals surface area contributed by atoms with Crippen LogP contribution in [0.2, 0.25) is 18.1 Å². The Morgan fingerprint density at radius 1 is 1.43 bits per heavy atom. The Bertz CT molecular complexity index is 347. The Hall–Kier alpha value is -0.733. The molecule has 0 spiro atoms. The van der Waals surface area contributed by atoms with E-state index >= 15 is 0 Å². The molecule has 0 atom stereocenters. The lowest BCUT2D eigenvalue weighted by atomic mass is 10.2. The lowest BCUT2D eigenvalue weighted by molar-refractivity contribution is 0.460. The summed E-state index contributed by atoms with van der Waals surface area (Å²) in [6.45, 7) is 10.2. The molecular weight excluding hydrogens is 212 g/mol. The molecule has 0 saturated heterocycles. The van der Waals surface area contributed by atoms with Crippen LogP contribution < -0.4 is 4.74 Å². The van der Waals surface area contributed by atoms with Crippen LogP contribution in [0.4, 0.5) is 0 Å². The minimum absolute atomic E-state index is 0.768. The Morgan fingerprint density at radius 2 is 2.07 bits per heavy atom. The van der Waals surface area contributed by atoms with Crippen molar-refractivity contribution in [2.75, 3.05) is 0 Å². The maximum absolute atomic E-state index is 5.91. The number of hydrogen-bond acceptors (Lipinski definition) is 1. The molecule has 0 aliphatic rings. The van der Waals surface area contributed by atoms with E-state index in [4.69, 9.17) is 16.3 Å². The lowest BCUT2D eigenvalue weighted by Gasteiger charge is -2.11. The molecule has 0 heterocycles. The van der Waals surface area contributed by atoms with Crippen molar-refractivity contribution in [2.24, 2.45) is 0 Å². The van der Waals surface area contributed by atoms with Crippen molar-refractivity contribution in [3.05, 3.63) is 40.7 Å². The van der Waals surface area contributed by atoms with Gasteiger partial charge in [-0.15, -0.1) is 0 Å². The van der Waals surface area contributed by atoms with Gasteiger partial charge in [-0.3, -0.25) is 0 Å². The summed E-state index contributed by atoms with van der Waals surface area (Å²) >= 11 is 5.91. The average molecular weight is 227 g/mol. The smallest absolute Gasteiger partial charge is 0.126 e. The first kappa shape index (κ1) is 11.3. The zero-order chi connectivity index (χ0) is 10.7. The molecule has 0 unspecified atom stereocenters. The van der Waals surface area contributed by atoms with Crippen LogP contribution in [0.15, 0.2) is 30.2 Å². The van der Waals surface area contributed by atoms with Gasteiger partial charge in [-0.1, -0.05) is 31.3 Å². The molecular formula is C11H15ClOSi. The van der Waals surface area contributed by atoms with E-state index in [0.717, 1.165) is 21.7 Å². The second-order valence-electron chi connectivity index (χ2n) is 3.63. The SMILES string of the molecule is C=C(Oc1ccc(Cl)c(C)c1)[SiH](C)C. The first-order valence-corrected chi connectivity index (χ1v) is 7.90. The van der Waals surface area contributed by atoms with E-state index in [1.807, 2.05) is 25.1 Å². The quantitative estimate of drug-likeness (QED) is 0.566. The molecule has 0 bridgehead atoms. The van der Waals surface area contributed by atoms with Gasteiger partial charge in [-0.05, 0) is 30.7 Å². The van der Waals surface area contributed by atoms with E-state index in [-0.39, 0.29) is 0 Å². The zero-order valence-electron chi connectivity index (χ0n) is 8.80. The Labute approximate surface area is 92.0 Å². The van der Waals surface area contributed by atoms with Crippen LogP contribution >= 0.6 is 11.6 Å². The highest BCUT2D eigenvalue weighted by Crippen LogP contribution is 2.22. The monoisotopic (exact) mass is 226 g/mol. The molecule has 1 aromatic rings. The fraction of sp³-hybridized carbons (Fsp3) is 0.273. The van der Waals surface area contributed by atoms with Crippen LogP contribution in [0, 0.1) is 6.92 Å². The minimum Gasteiger partial charge on any atom is -0.468 e. The van der Waals surface area contributed by atoms with E-state index in [1.54, 1.807) is 0 Å². The molecule has 1 rings (SSSR count). The highest BCUT2D eigenvalue weighted by molar-refractivity contribution is 6.63. The molecule has 0 aliphatic heterocycles. The van der Waals surface area contributed by atoms with Crippen molar-refractivity contribution in [2.45, 2.75) is 20.0 Å². The van der Waals surface area contributed by atoms with Gasteiger partial charge in [-0.25, -0.2) is 0 Å². The van der Waals surface area contributed by atoms with Gasteiger partial charge in [0.1, 0.15) is 14.5 Å². The summed E-state index contributed by atoms with van der Waals surface area (Å²) in [6, 6.07) is 5.66. The molecule has 76 valence electrons. The molecule has 1 aromatic carbocycles. The Balaban J connectivity index is 2.78. The first-order valence-electron chi connectivity index (χ1n) is 4.63. The molecule has 0 radical (unpaired) electrons. The van der Waals surface area contributed by atoms with Gasteiger partial charge in [0.05, 0.1) is 5.38 Å². The summed E-state index contributed by atoms with van der Waals surface area (Å²) in [5.74, 6) is 0.832. The third-order valence-corrected chi connectivity index (χ3v) is 3.85. The van der Waals surface area contributed by atoms with Gasteiger partial charge in [0.15, 0.2) is 0 Å². The molecule has 0 fully saturated rings. The third kappa shape index (κ3) is 2.89. The molecule has 0 N–H and O–H groups in total. The summed E-state index contributed by atoms with van der Waals surface area (Å²) in [7, 11) is -0.912. The number of hydrogen-bond donors (Lipinski definition) is 0. The van der Waals surface area contributed by atoms with Crippen molar-refractivity contribution in [1.29, 1.82) is 0 Å². The number of benzene rings is 1. The number of aryl methyl sites for hydroxylation is 1. The molecule has 14 heavy (non-hydrogen) atoms. The van der Waals surface area contributed by atoms with Crippen LogP contribution in [0.3, 0.4) is 0 Å². The van der Waals surface area contributed by atoms with Crippen molar-refractivity contribution in [1.82, 2.24) is 0 Å². The first-order chi connectivity index (χ1) is 6.50. The Kier molecular flexibility index (Phi) is 3.78. The predicted molar refractivity (Wildman–Crippen MR) is 64.8 cm³/mol. The molecule has 3 heteroatoms. The van der Waals surface area contributed by atoms with Crippen molar-refractivity contribution >= 4 is 20.4 Å². The molecule has 0 aromatic heterocycles. The number of ether oxygens (including phenoxy) is 1. The van der Waals surface area contributed by atoms with E-state index in [1.165, 1.54) is 0 Å². The average Bonchev–Trinajstić information content (AvgIpc) is 2.11. The van der Waals surface area contributed by atoms with E-state index in [9.17, 15) is 0 Å². The molecule has 0 amide bonds. The summed E-state index contributed by atoms with van der Waals surface area (Å²) in [5.41, 5.74) is 1.03. The van der Waals surface area contributed by atoms with Crippen LogP contribution in [-0.4, -0.2) is 8.80 Å². The fourth-order valence-electron chi connectivity index (χ4n) is 0.950. The fourth-order valence-corrected chi connectivity index (χ4v) is 1.44. The van der Waals surface area contributed by atoms with E-state index in [0.29, 0.717) is 0 Å². The highest BCUT2D eigenvalue weighted by Gasteiger charge is 2.05. The third-order valence-electron chi connectivity index (χ3n) is 2.02. The van der Waals surface area contributed by atoms with Crippen molar-refractivity contribution in [3.63, 3.8) is 0 Å². The lowest BCUT2D eigenvalue weighted by Crippen LogP contribution is -2.10. The predicted octanol–water partition coefficient (Wildman–Crippen LogP) is 3.57. The van der Waals surface area contributed by atoms with Gasteiger partial charge in [0.25, 0.3) is 0 Å². The maximum Gasteiger partial charge on any atom is 0.126 e. The van der Waals surface area contributed by atoms with Crippen molar-refractivity contribution < 1.29 is 4.74 Å². The normalized spacial score (nSPS) is 10.4. The standard InChI is InChI=1S/C11H15ClOSi/c1-8-7-10(5-6-11(8)12)13-9(2)14(3)4/h5-7,14H,2H2,1,3-4H3. The zero-order valence-corrected chi connectivity index (χ0v) is 10.7. The highest BCUT2D eigenvalue weighted by atomic mass is 35.5.